The molecule has 0 saturated heterocycles. The van der Waals surface area contributed by atoms with Gasteiger partial charge >= 0.3 is 0 Å². The van der Waals surface area contributed by atoms with Crippen molar-refractivity contribution >= 4 is 26.0 Å². The van der Waals surface area contributed by atoms with E-state index in [0.717, 1.165) is 6.42 Å². The first-order chi connectivity index (χ1) is 5.90. The first-order valence-electron chi connectivity index (χ1n) is 4.48. The van der Waals surface area contributed by atoms with Gasteiger partial charge in [0.2, 0.25) is 10.0 Å². The van der Waals surface area contributed by atoms with Crippen molar-refractivity contribution in [2.75, 3.05) is 19.3 Å². The van der Waals surface area contributed by atoms with Crippen molar-refractivity contribution in [2.24, 2.45) is 0 Å². The van der Waals surface area contributed by atoms with Crippen LogP contribution in [0.15, 0.2) is 0 Å². The van der Waals surface area contributed by atoms with E-state index in [0.29, 0.717) is 17.8 Å². The Morgan fingerprint density at radius 3 is 2.38 bits per heavy atom. The molecule has 1 atom stereocenters. The Bertz CT molecular complexity index is 226. The summed E-state index contributed by atoms with van der Waals surface area (Å²) in [5.41, 5.74) is 0. The second kappa shape index (κ2) is 5.98. The highest BCUT2D eigenvalue weighted by Gasteiger charge is 2.16. The fourth-order valence-electron chi connectivity index (χ4n) is 0.913. The van der Waals surface area contributed by atoms with Gasteiger partial charge in [0.05, 0.1) is 5.75 Å². The number of hydrogen-bond acceptors (Lipinski definition) is 2. The maximum Gasteiger partial charge on any atom is 0.213 e. The summed E-state index contributed by atoms with van der Waals surface area (Å²) in [5, 5.41) is 0. The Kier molecular flexibility index (Phi) is 6.16. The molecule has 0 rings (SSSR count). The molecule has 0 radical (unpaired) electrons. The highest BCUT2D eigenvalue weighted by atomic mass is 79.9. The van der Waals surface area contributed by atoms with Gasteiger partial charge in [0, 0.05) is 18.4 Å². The Morgan fingerprint density at radius 2 is 2.00 bits per heavy atom. The van der Waals surface area contributed by atoms with E-state index in [-0.39, 0.29) is 5.75 Å². The van der Waals surface area contributed by atoms with Gasteiger partial charge in [-0.2, -0.15) is 0 Å². The molecule has 80 valence electrons. The van der Waals surface area contributed by atoms with E-state index in [1.807, 2.05) is 13.8 Å². The zero-order chi connectivity index (χ0) is 10.5. The molecule has 0 aliphatic carbocycles. The molecule has 0 heterocycles. The van der Waals surface area contributed by atoms with Crippen LogP contribution in [0.25, 0.3) is 0 Å². The van der Waals surface area contributed by atoms with Gasteiger partial charge in [-0.25, -0.2) is 12.7 Å². The number of halogens is 1. The lowest BCUT2D eigenvalue weighted by molar-refractivity contribution is 0.461. The number of rotatable bonds is 6. The summed E-state index contributed by atoms with van der Waals surface area (Å²) in [4.78, 5) is 0.367. The van der Waals surface area contributed by atoms with Gasteiger partial charge in [0.1, 0.15) is 0 Å². The van der Waals surface area contributed by atoms with Gasteiger partial charge in [0.25, 0.3) is 0 Å². The summed E-state index contributed by atoms with van der Waals surface area (Å²) in [6.07, 6.45) is 1.52. The fraction of sp³-hybridized carbons (Fsp3) is 1.00. The summed E-state index contributed by atoms with van der Waals surface area (Å²) in [7, 11) is -1.35. The third-order valence-corrected chi connectivity index (χ3v) is 4.29. The van der Waals surface area contributed by atoms with Crippen molar-refractivity contribution in [3.05, 3.63) is 0 Å². The van der Waals surface area contributed by atoms with Crippen LogP contribution in [0.5, 0.6) is 0 Å². The molecule has 0 fully saturated rings. The standard InChI is InChI=1S/C8H18BrNO2S/c1-4-7-13(11,12)10(3)6-5-8(2)9/h8H,4-7H2,1-3H3. The van der Waals surface area contributed by atoms with Gasteiger partial charge in [-0.05, 0) is 12.8 Å². The van der Waals surface area contributed by atoms with E-state index in [1.165, 1.54) is 4.31 Å². The van der Waals surface area contributed by atoms with Gasteiger partial charge in [-0.15, -0.1) is 0 Å². The normalized spacial score (nSPS) is 14.8. The zero-order valence-electron chi connectivity index (χ0n) is 8.46. The predicted molar refractivity (Wildman–Crippen MR) is 59.7 cm³/mol. The molecule has 1 unspecified atom stereocenters. The van der Waals surface area contributed by atoms with Crippen molar-refractivity contribution < 1.29 is 8.42 Å². The highest BCUT2D eigenvalue weighted by Crippen LogP contribution is 2.07. The molecular weight excluding hydrogens is 254 g/mol. The Labute approximate surface area is 89.7 Å². The molecule has 0 amide bonds. The quantitative estimate of drug-likeness (QED) is 0.692. The molecular formula is C8H18BrNO2S. The lowest BCUT2D eigenvalue weighted by Crippen LogP contribution is -2.30. The minimum Gasteiger partial charge on any atom is -0.212 e. The summed E-state index contributed by atoms with van der Waals surface area (Å²) in [5.74, 6) is 0.250. The maximum atomic E-state index is 11.5. The SMILES string of the molecule is CCCS(=O)(=O)N(C)CCC(C)Br. The smallest absolute Gasteiger partial charge is 0.212 e. The largest absolute Gasteiger partial charge is 0.213 e. The molecule has 0 aliphatic rings. The summed E-state index contributed by atoms with van der Waals surface area (Å²) < 4.78 is 24.3. The number of nitrogens with zero attached hydrogens (tertiary/aromatic N) is 1. The maximum absolute atomic E-state index is 11.5. The first kappa shape index (κ1) is 13.4. The average molecular weight is 272 g/mol. The molecule has 0 saturated carbocycles. The van der Waals surface area contributed by atoms with Crippen molar-refractivity contribution in [2.45, 2.75) is 31.5 Å². The predicted octanol–water partition coefficient (Wildman–Crippen LogP) is 1.83. The second-order valence-corrected chi connectivity index (χ2v) is 6.97. The van der Waals surface area contributed by atoms with Crippen molar-refractivity contribution in [1.82, 2.24) is 4.31 Å². The van der Waals surface area contributed by atoms with Crippen molar-refractivity contribution in [1.29, 1.82) is 0 Å². The van der Waals surface area contributed by atoms with Crippen LogP contribution in [0.1, 0.15) is 26.7 Å². The highest BCUT2D eigenvalue weighted by molar-refractivity contribution is 9.09. The third kappa shape index (κ3) is 5.65. The number of alkyl halides is 1. The Balaban J connectivity index is 4.02. The first-order valence-corrected chi connectivity index (χ1v) is 7.00. The van der Waals surface area contributed by atoms with E-state index in [4.69, 9.17) is 0 Å². The van der Waals surface area contributed by atoms with Crippen LogP contribution in [0.3, 0.4) is 0 Å². The Hall–Kier alpha value is 0.390. The molecule has 0 aromatic heterocycles. The Morgan fingerprint density at radius 1 is 1.46 bits per heavy atom. The van der Waals surface area contributed by atoms with Crippen molar-refractivity contribution in [3.8, 4) is 0 Å². The minimum absolute atomic E-state index is 0.250. The summed E-state index contributed by atoms with van der Waals surface area (Å²) in [6.45, 7) is 4.48. The third-order valence-electron chi connectivity index (χ3n) is 1.78. The molecule has 0 aliphatic heterocycles. The molecule has 0 N–H and O–H groups in total. The van der Waals surface area contributed by atoms with Gasteiger partial charge in [0.15, 0.2) is 0 Å². The van der Waals surface area contributed by atoms with Crippen LogP contribution >= 0.6 is 15.9 Å². The minimum atomic E-state index is -2.99. The topological polar surface area (TPSA) is 37.4 Å². The van der Waals surface area contributed by atoms with E-state index in [1.54, 1.807) is 7.05 Å². The van der Waals surface area contributed by atoms with E-state index in [9.17, 15) is 8.42 Å². The van der Waals surface area contributed by atoms with Gasteiger partial charge in [-0.3, -0.25) is 0 Å². The van der Waals surface area contributed by atoms with Crippen LogP contribution in [0.4, 0.5) is 0 Å². The molecule has 0 spiro atoms. The summed E-state index contributed by atoms with van der Waals surface area (Å²) >= 11 is 3.39. The van der Waals surface area contributed by atoms with Crippen molar-refractivity contribution in [3.63, 3.8) is 0 Å². The second-order valence-electron chi connectivity index (χ2n) is 3.21. The lowest BCUT2D eigenvalue weighted by Gasteiger charge is -2.17. The van der Waals surface area contributed by atoms with Crippen LogP contribution in [0.2, 0.25) is 0 Å². The monoisotopic (exact) mass is 271 g/mol. The van der Waals surface area contributed by atoms with Crippen LogP contribution < -0.4 is 0 Å². The summed E-state index contributed by atoms with van der Waals surface area (Å²) in [6, 6.07) is 0. The van der Waals surface area contributed by atoms with Gasteiger partial charge < -0.3 is 0 Å². The van der Waals surface area contributed by atoms with Crippen LogP contribution in [0, 0.1) is 0 Å². The van der Waals surface area contributed by atoms with Gasteiger partial charge in [-0.1, -0.05) is 29.8 Å². The molecule has 0 bridgehead atoms. The van der Waals surface area contributed by atoms with E-state index >= 15 is 0 Å². The lowest BCUT2D eigenvalue weighted by atomic mass is 10.3. The zero-order valence-corrected chi connectivity index (χ0v) is 10.9. The van der Waals surface area contributed by atoms with E-state index < -0.39 is 10.0 Å². The number of hydrogen-bond donors (Lipinski definition) is 0. The molecule has 0 aromatic carbocycles. The molecule has 3 nitrogen and oxygen atoms in total. The molecule has 0 aromatic rings. The molecule has 5 heteroatoms. The van der Waals surface area contributed by atoms with E-state index in [2.05, 4.69) is 15.9 Å². The average Bonchev–Trinajstić information content (AvgIpc) is 1.99. The number of sulfonamides is 1. The molecule has 13 heavy (non-hydrogen) atoms. The van der Waals surface area contributed by atoms with Crippen LogP contribution in [-0.2, 0) is 10.0 Å². The van der Waals surface area contributed by atoms with Crippen LogP contribution in [-0.4, -0.2) is 36.9 Å². The fourth-order valence-corrected chi connectivity index (χ4v) is 2.33.